The molecule has 9 nitrogen and oxygen atoms in total. The van der Waals surface area contributed by atoms with Gasteiger partial charge in [0, 0.05) is 49.7 Å². The highest BCUT2D eigenvalue weighted by Gasteiger charge is 2.24. The van der Waals surface area contributed by atoms with Gasteiger partial charge in [-0.25, -0.2) is 4.98 Å². The maximum absolute atomic E-state index is 5.42. The number of pyridine rings is 2. The van der Waals surface area contributed by atoms with Crippen LogP contribution in [0.3, 0.4) is 0 Å². The van der Waals surface area contributed by atoms with Crippen molar-refractivity contribution < 1.29 is 4.74 Å². The van der Waals surface area contributed by atoms with Crippen LogP contribution in [0.5, 0.6) is 0 Å². The largest absolute Gasteiger partial charge is 0.379 e. The highest BCUT2D eigenvalue weighted by Crippen LogP contribution is 2.40. The van der Waals surface area contributed by atoms with Gasteiger partial charge in [-0.2, -0.15) is 10.2 Å². The van der Waals surface area contributed by atoms with Crippen LogP contribution in [-0.2, 0) is 11.3 Å². The molecule has 1 aliphatic carbocycles. The van der Waals surface area contributed by atoms with E-state index in [0.29, 0.717) is 5.92 Å². The number of nitrogens with one attached hydrogen (secondary N) is 1. The summed E-state index contributed by atoms with van der Waals surface area (Å²) in [5.41, 5.74) is 4.97. The second-order valence-electron chi connectivity index (χ2n) is 9.03. The SMILES string of the molecule is c1nc2ccc(Nc3cc(C4CC4)cnn3)nc2cc1-c1cnn(CCCN2CCOCC2)c1. The maximum Gasteiger partial charge on any atom is 0.154 e. The first kappa shape index (κ1) is 21.1. The molecule has 2 fully saturated rings. The van der Waals surface area contributed by atoms with E-state index in [1.165, 1.54) is 18.4 Å². The van der Waals surface area contributed by atoms with E-state index in [9.17, 15) is 0 Å². The number of anilines is 2. The predicted molar refractivity (Wildman–Crippen MR) is 130 cm³/mol. The average molecular weight is 457 g/mol. The fourth-order valence-corrected chi connectivity index (χ4v) is 4.36. The normalized spacial score (nSPS) is 16.7. The number of aromatic nitrogens is 6. The van der Waals surface area contributed by atoms with Crippen molar-refractivity contribution in [3.63, 3.8) is 0 Å². The summed E-state index contributed by atoms with van der Waals surface area (Å²) in [6.45, 7) is 5.69. The van der Waals surface area contributed by atoms with Gasteiger partial charge < -0.3 is 10.1 Å². The Hall–Kier alpha value is -3.43. The lowest BCUT2D eigenvalue weighted by atomic mass is 10.1. The Morgan fingerprint density at radius 1 is 0.941 bits per heavy atom. The van der Waals surface area contributed by atoms with Crippen molar-refractivity contribution in [1.82, 2.24) is 34.8 Å². The molecule has 1 saturated heterocycles. The highest BCUT2D eigenvalue weighted by atomic mass is 16.5. The van der Waals surface area contributed by atoms with Gasteiger partial charge in [0.1, 0.15) is 5.82 Å². The van der Waals surface area contributed by atoms with Crippen molar-refractivity contribution in [3.05, 3.63) is 54.6 Å². The third kappa shape index (κ3) is 4.90. The molecule has 1 N–H and O–H groups in total. The summed E-state index contributed by atoms with van der Waals surface area (Å²) in [5, 5.41) is 16.2. The molecule has 2 aliphatic rings. The van der Waals surface area contributed by atoms with E-state index in [-0.39, 0.29) is 0 Å². The van der Waals surface area contributed by atoms with Gasteiger partial charge in [-0.15, -0.1) is 5.10 Å². The molecule has 6 rings (SSSR count). The molecule has 1 saturated carbocycles. The monoisotopic (exact) mass is 456 g/mol. The van der Waals surface area contributed by atoms with Gasteiger partial charge in [0.15, 0.2) is 5.82 Å². The molecule has 4 aromatic rings. The fourth-order valence-electron chi connectivity index (χ4n) is 4.36. The van der Waals surface area contributed by atoms with Gasteiger partial charge in [-0.3, -0.25) is 14.6 Å². The number of ether oxygens (including phenoxy) is 1. The molecular formula is C25H28N8O. The standard InChI is InChI=1S/C25H28N8O/c1(6-32-8-10-34-11-9-32)7-33-17-21(16-28-33)19-12-23-22(26-14-19)4-5-24(29-23)30-25-13-20(15-27-31-25)18-2-3-18/h4-5,12-18H,1-3,6-11H2,(H,29,30,31). The van der Waals surface area contributed by atoms with Gasteiger partial charge in [-0.1, -0.05) is 0 Å². The van der Waals surface area contributed by atoms with Crippen LogP contribution in [0, 0.1) is 0 Å². The van der Waals surface area contributed by atoms with Crippen molar-refractivity contribution in [2.75, 3.05) is 38.2 Å². The number of rotatable bonds is 8. The molecule has 0 spiro atoms. The van der Waals surface area contributed by atoms with Crippen LogP contribution in [0.25, 0.3) is 22.2 Å². The minimum Gasteiger partial charge on any atom is -0.379 e. The first-order valence-corrected chi connectivity index (χ1v) is 12.0. The van der Waals surface area contributed by atoms with Crippen LogP contribution in [0.15, 0.2) is 49.1 Å². The molecular weight excluding hydrogens is 428 g/mol. The molecule has 0 aromatic carbocycles. The van der Waals surface area contributed by atoms with E-state index < -0.39 is 0 Å². The van der Waals surface area contributed by atoms with Crippen LogP contribution in [0.4, 0.5) is 11.6 Å². The number of morpholine rings is 1. The molecule has 0 atom stereocenters. The second kappa shape index (κ2) is 9.44. The Bertz CT molecular complexity index is 1280. The number of aryl methyl sites for hydroxylation is 1. The van der Waals surface area contributed by atoms with Crippen molar-refractivity contribution in [2.24, 2.45) is 0 Å². The van der Waals surface area contributed by atoms with Crippen LogP contribution >= 0.6 is 0 Å². The van der Waals surface area contributed by atoms with Gasteiger partial charge in [0.2, 0.25) is 0 Å². The van der Waals surface area contributed by atoms with E-state index in [0.717, 1.165) is 79.6 Å². The third-order valence-electron chi connectivity index (χ3n) is 6.45. The minimum absolute atomic E-state index is 0.632. The first-order valence-electron chi connectivity index (χ1n) is 12.0. The minimum atomic E-state index is 0.632. The van der Waals surface area contributed by atoms with Crippen molar-refractivity contribution in [3.8, 4) is 11.1 Å². The summed E-state index contributed by atoms with van der Waals surface area (Å²) >= 11 is 0. The predicted octanol–water partition coefficient (Wildman–Crippen LogP) is 3.63. The molecule has 0 bridgehead atoms. The van der Waals surface area contributed by atoms with Crippen LogP contribution in [0.2, 0.25) is 0 Å². The lowest BCUT2D eigenvalue weighted by Gasteiger charge is -2.26. The second-order valence-corrected chi connectivity index (χ2v) is 9.03. The molecule has 34 heavy (non-hydrogen) atoms. The van der Waals surface area contributed by atoms with Crippen LogP contribution < -0.4 is 5.32 Å². The Morgan fingerprint density at radius 3 is 2.74 bits per heavy atom. The molecule has 5 heterocycles. The Kier molecular flexibility index (Phi) is 5.86. The average Bonchev–Trinajstić information content (AvgIpc) is 3.63. The van der Waals surface area contributed by atoms with Crippen LogP contribution in [0.1, 0.15) is 30.7 Å². The third-order valence-corrected chi connectivity index (χ3v) is 6.45. The zero-order chi connectivity index (χ0) is 22.7. The topological polar surface area (TPSA) is 93.9 Å². The maximum atomic E-state index is 5.42. The Morgan fingerprint density at radius 2 is 1.85 bits per heavy atom. The number of nitrogens with zero attached hydrogens (tertiary/aromatic N) is 7. The van der Waals surface area contributed by atoms with E-state index >= 15 is 0 Å². The van der Waals surface area contributed by atoms with Gasteiger partial charge >= 0.3 is 0 Å². The molecule has 174 valence electrons. The summed E-state index contributed by atoms with van der Waals surface area (Å²) in [5.74, 6) is 2.08. The highest BCUT2D eigenvalue weighted by molar-refractivity contribution is 5.81. The molecule has 1 aliphatic heterocycles. The lowest BCUT2D eigenvalue weighted by Crippen LogP contribution is -2.37. The summed E-state index contributed by atoms with van der Waals surface area (Å²) in [6.07, 6.45) is 11.3. The van der Waals surface area contributed by atoms with Crippen molar-refractivity contribution in [2.45, 2.75) is 31.7 Å². The summed E-state index contributed by atoms with van der Waals surface area (Å²) in [6, 6.07) is 8.03. The smallest absolute Gasteiger partial charge is 0.154 e. The van der Waals surface area contributed by atoms with Crippen molar-refractivity contribution in [1.29, 1.82) is 0 Å². The Balaban J connectivity index is 1.14. The van der Waals surface area contributed by atoms with E-state index in [4.69, 9.17) is 9.72 Å². The zero-order valence-electron chi connectivity index (χ0n) is 19.1. The zero-order valence-corrected chi connectivity index (χ0v) is 19.1. The summed E-state index contributed by atoms with van der Waals surface area (Å²) < 4.78 is 7.43. The number of hydrogen-bond donors (Lipinski definition) is 1. The quantitative estimate of drug-likeness (QED) is 0.430. The van der Waals surface area contributed by atoms with Gasteiger partial charge in [0.25, 0.3) is 0 Å². The fraction of sp³-hybridized carbons (Fsp3) is 0.400. The Labute approximate surface area is 198 Å². The van der Waals surface area contributed by atoms with Crippen molar-refractivity contribution >= 4 is 22.7 Å². The molecule has 9 heteroatoms. The summed E-state index contributed by atoms with van der Waals surface area (Å²) in [7, 11) is 0. The summed E-state index contributed by atoms with van der Waals surface area (Å²) in [4.78, 5) is 11.8. The lowest BCUT2D eigenvalue weighted by molar-refractivity contribution is 0.0368. The van der Waals surface area contributed by atoms with Gasteiger partial charge in [0.05, 0.1) is 36.6 Å². The number of hydrogen-bond acceptors (Lipinski definition) is 8. The first-order chi connectivity index (χ1) is 16.8. The molecule has 4 aromatic heterocycles. The van der Waals surface area contributed by atoms with E-state index in [1.807, 2.05) is 35.4 Å². The molecule has 0 amide bonds. The molecule has 0 radical (unpaired) electrons. The van der Waals surface area contributed by atoms with Gasteiger partial charge in [-0.05, 0) is 55.0 Å². The molecule has 0 unspecified atom stereocenters. The number of fused-ring (bicyclic) bond motifs is 1. The van der Waals surface area contributed by atoms with Crippen LogP contribution in [-0.4, -0.2) is 67.7 Å². The van der Waals surface area contributed by atoms with E-state index in [1.54, 1.807) is 0 Å². The van der Waals surface area contributed by atoms with E-state index in [2.05, 4.69) is 48.8 Å².